The van der Waals surface area contributed by atoms with Crippen molar-refractivity contribution in [3.63, 3.8) is 0 Å². The zero-order chi connectivity index (χ0) is 17.3. The third kappa shape index (κ3) is 2.63. The van der Waals surface area contributed by atoms with E-state index in [0.29, 0.717) is 0 Å². The number of ether oxygens (including phenoxy) is 1. The lowest BCUT2D eigenvalue weighted by Crippen LogP contribution is -2.56. The van der Waals surface area contributed by atoms with Crippen LogP contribution in [0.25, 0.3) is 0 Å². The van der Waals surface area contributed by atoms with Crippen LogP contribution in [0.15, 0.2) is 48.7 Å². The number of nitrogens with zero attached hydrogens (tertiary/aromatic N) is 1. The molecule has 1 heterocycles. The number of hydrogen-bond acceptors (Lipinski definition) is 3. The maximum absolute atomic E-state index is 14.2. The van der Waals surface area contributed by atoms with Crippen molar-refractivity contribution in [2.75, 3.05) is 7.11 Å². The molecule has 1 aromatic heterocycles. The van der Waals surface area contributed by atoms with Gasteiger partial charge in [0.1, 0.15) is 5.75 Å². The van der Waals surface area contributed by atoms with Gasteiger partial charge in [0, 0.05) is 11.8 Å². The van der Waals surface area contributed by atoms with Gasteiger partial charge < -0.3 is 9.84 Å². The van der Waals surface area contributed by atoms with E-state index in [2.05, 4.69) is 4.98 Å². The van der Waals surface area contributed by atoms with E-state index in [0.717, 1.165) is 25.4 Å². The Morgan fingerprint density at radius 1 is 0.957 bits per heavy atom. The minimum atomic E-state index is -6.00. The summed E-state index contributed by atoms with van der Waals surface area (Å²) in [5.41, 5.74) is -5.31. The number of benzene rings is 1. The van der Waals surface area contributed by atoms with Crippen LogP contribution in [0, 0.1) is 0 Å². The average Bonchev–Trinajstić information content (AvgIpc) is 2.53. The van der Waals surface area contributed by atoms with Crippen molar-refractivity contribution in [3.8, 4) is 5.75 Å². The number of aromatic nitrogens is 1. The third-order valence-electron chi connectivity index (χ3n) is 3.34. The van der Waals surface area contributed by atoms with Gasteiger partial charge in [-0.15, -0.1) is 0 Å². The molecule has 0 aliphatic heterocycles. The largest absolute Gasteiger partial charge is 0.496 e. The molecule has 2 rings (SSSR count). The minimum Gasteiger partial charge on any atom is -0.496 e. The van der Waals surface area contributed by atoms with Crippen LogP contribution in [0.1, 0.15) is 11.3 Å². The minimum absolute atomic E-state index is 0.315. The van der Waals surface area contributed by atoms with Crippen molar-refractivity contribution in [1.82, 2.24) is 4.98 Å². The number of hydrogen-bond donors (Lipinski definition) is 1. The monoisotopic (exact) mass is 333 g/mol. The molecule has 8 heteroatoms. The van der Waals surface area contributed by atoms with Gasteiger partial charge in [0.2, 0.25) is 5.60 Å². The molecule has 3 nitrogen and oxygen atoms in total. The maximum Gasteiger partial charge on any atom is 0.457 e. The molecular formula is C15H12F5NO2. The van der Waals surface area contributed by atoms with Crippen LogP contribution in [-0.4, -0.2) is 29.3 Å². The lowest BCUT2D eigenvalue weighted by Gasteiger charge is -2.37. The quantitative estimate of drug-likeness (QED) is 0.871. The Morgan fingerprint density at radius 2 is 1.57 bits per heavy atom. The van der Waals surface area contributed by atoms with Crippen LogP contribution in [0.5, 0.6) is 5.75 Å². The highest BCUT2D eigenvalue weighted by molar-refractivity contribution is 5.45. The highest BCUT2D eigenvalue weighted by Gasteiger charge is 2.72. The topological polar surface area (TPSA) is 42.4 Å². The fourth-order valence-electron chi connectivity index (χ4n) is 2.19. The van der Waals surface area contributed by atoms with E-state index in [-0.39, 0.29) is 5.75 Å². The van der Waals surface area contributed by atoms with Gasteiger partial charge in [0.25, 0.3) is 0 Å². The van der Waals surface area contributed by atoms with Crippen LogP contribution in [0.2, 0.25) is 0 Å². The van der Waals surface area contributed by atoms with Crippen molar-refractivity contribution >= 4 is 0 Å². The van der Waals surface area contributed by atoms with Crippen LogP contribution in [-0.2, 0) is 5.60 Å². The van der Waals surface area contributed by atoms with Crippen molar-refractivity contribution in [2.45, 2.75) is 17.7 Å². The Hall–Kier alpha value is -2.22. The normalized spacial score (nSPS) is 15.1. The summed E-state index contributed by atoms with van der Waals surface area (Å²) >= 11 is 0. The Kier molecular flexibility index (Phi) is 4.30. The van der Waals surface area contributed by atoms with Gasteiger partial charge in [-0.25, -0.2) is 0 Å². The fourth-order valence-corrected chi connectivity index (χ4v) is 2.19. The first-order valence-electron chi connectivity index (χ1n) is 6.38. The molecule has 0 amide bonds. The zero-order valence-corrected chi connectivity index (χ0v) is 11.8. The molecule has 23 heavy (non-hydrogen) atoms. The van der Waals surface area contributed by atoms with Gasteiger partial charge >= 0.3 is 12.1 Å². The highest BCUT2D eigenvalue weighted by atomic mass is 19.4. The standard InChI is InChI=1S/C15H12F5NO2/c1-23-11-7-3-2-6-10(11)13(22,12-8-4-5-9-21-12)14(16,17)15(18,19)20/h2-9,22H,1H3. The first-order valence-corrected chi connectivity index (χ1v) is 6.38. The van der Waals surface area contributed by atoms with E-state index in [9.17, 15) is 27.1 Å². The van der Waals surface area contributed by atoms with E-state index < -0.39 is 29.0 Å². The van der Waals surface area contributed by atoms with Crippen LogP contribution in [0.4, 0.5) is 22.0 Å². The van der Waals surface area contributed by atoms with Crippen LogP contribution >= 0.6 is 0 Å². The summed E-state index contributed by atoms with van der Waals surface area (Å²) in [6.45, 7) is 0. The summed E-state index contributed by atoms with van der Waals surface area (Å²) in [5.74, 6) is -5.81. The number of para-hydroxylation sites is 1. The molecular weight excluding hydrogens is 321 g/mol. The van der Waals surface area contributed by atoms with Gasteiger partial charge in [0.15, 0.2) is 0 Å². The Balaban J connectivity index is 2.82. The molecule has 0 radical (unpaired) electrons. The predicted octanol–water partition coefficient (Wildman–Crippen LogP) is 3.52. The zero-order valence-electron chi connectivity index (χ0n) is 11.8. The van der Waals surface area contributed by atoms with Gasteiger partial charge in [-0.3, -0.25) is 4.98 Å². The highest BCUT2D eigenvalue weighted by Crippen LogP contribution is 2.52. The van der Waals surface area contributed by atoms with Crippen molar-refractivity contribution < 1.29 is 31.8 Å². The summed E-state index contributed by atoms with van der Waals surface area (Å²) in [7, 11) is 1.10. The maximum atomic E-state index is 14.2. The van der Waals surface area contributed by atoms with Crippen molar-refractivity contribution in [1.29, 1.82) is 0 Å². The van der Waals surface area contributed by atoms with Crippen molar-refractivity contribution in [2.24, 2.45) is 0 Å². The summed E-state index contributed by atoms with van der Waals surface area (Å²) in [6.07, 6.45) is -4.98. The summed E-state index contributed by atoms with van der Waals surface area (Å²) in [4.78, 5) is 3.50. The number of halogens is 5. The number of alkyl halides is 5. The predicted molar refractivity (Wildman–Crippen MR) is 71.2 cm³/mol. The molecule has 0 spiro atoms. The second-order valence-corrected chi connectivity index (χ2v) is 4.70. The smallest absolute Gasteiger partial charge is 0.457 e. The molecule has 0 aliphatic carbocycles. The van der Waals surface area contributed by atoms with E-state index in [4.69, 9.17) is 4.74 Å². The van der Waals surface area contributed by atoms with E-state index in [1.54, 1.807) is 0 Å². The van der Waals surface area contributed by atoms with E-state index in [1.807, 2.05) is 0 Å². The first-order chi connectivity index (χ1) is 10.7. The molecule has 124 valence electrons. The fraction of sp³-hybridized carbons (Fsp3) is 0.267. The average molecular weight is 333 g/mol. The summed E-state index contributed by atoms with van der Waals surface area (Å²) < 4.78 is 72.1. The SMILES string of the molecule is COc1ccccc1C(O)(c1ccccn1)C(F)(F)C(F)(F)F. The van der Waals surface area contributed by atoms with Gasteiger partial charge in [-0.1, -0.05) is 24.3 Å². The molecule has 1 N–H and O–H groups in total. The van der Waals surface area contributed by atoms with Gasteiger partial charge in [-0.2, -0.15) is 22.0 Å². The molecule has 1 unspecified atom stereocenters. The molecule has 0 bridgehead atoms. The molecule has 0 fully saturated rings. The second kappa shape index (κ2) is 5.77. The summed E-state index contributed by atoms with van der Waals surface area (Å²) in [6, 6.07) is 8.15. The Morgan fingerprint density at radius 3 is 2.09 bits per heavy atom. The van der Waals surface area contributed by atoms with Crippen LogP contribution < -0.4 is 4.74 Å². The molecule has 1 aromatic carbocycles. The third-order valence-corrected chi connectivity index (χ3v) is 3.34. The van der Waals surface area contributed by atoms with Gasteiger partial charge in [0.05, 0.1) is 12.8 Å². The molecule has 0 saturated carbocycles. The molecule has 1 atom stereocenters. The Bertz CT molecular complexity index is 675. The first kappa shape index (κ1) is 17.1. The number of rotatable bonds is 4. The van der Waals surface area contributed by atoms with Crippen LogP contribution in [0.3, 0.4) is 0 Å². The number of aliphatic hydroxyl groups is 1. The number of pyridine rings is 1. The molecule has 2 aromatic rings. The lowest BCUT2D eigenvalue weighted by atomic mass is 9.82. The summed E-state index contributed by atoms with van der Waals surface area (Å²) in [5, 5.41) is 10.5. The van der Waals surface area contributed by atoms with Crippen molar-refractivity contribution in [3.05, 3.63) is 59.9 Å². The Labute approximate surface area is 128 Å². The lowest BCUT2D eigenvalue weighted by molar-refractivity contribution is -0.337. The molecule has 0 saturated heterocycles. The van der Waals surface area contributed by atoms with E-state index >= 15 is 0 Å². The molecule has 0 aliphatic rings. The second-order valence-electron chi connectivity index (χ2n) is 4.70. The number of methoxy groups -OCH3 is 1. The van der Waals surface area contributed by atoms with Gasteiger partial charge in [-0.05, 0) is 18.2 Å². The van der Waals surface area contributed by atoms with E-state index in [1.165, 1.54) is 30.3 Å².